The molecule has 0 aromatic heterocycles. The van der Waals surface area contributed by atoms with Crippen molar-refractivity contribution < 1.29 is 23.9 Å². The second-order valence-corrected chi connectivity index (χ2v) is 8.02. The van der Waals surface area contributed by atoms with E-state index in [1.54, 1.807) is 29.2 Å². The summed E-state index contributed by atoms with van der Waals surface area (Å²) in [5.74, 6) is 0.0582. The van der Waals surface area contributed by atoms with Gasteiger partial charge >= 0.3 is 0 Å². The van der Waals surface area contributed by atoms with Crippen LogP contribution in [0.2, 0.25) is 0 Å². The predicted molar refractivity (Wildman–Crippen MR) is 127 cm³/mol. The van der Waals surface area contributed by atoms with E-state index < -0.39 is 11.9 Å². The Labute approximate surface area is 195 Å². The van der Waals surface area contributed by atoms with E-state index >= 15 is 0 Å². The lowest BCUT2D eigenvalue weighted by Crippen LogP contribution is -2.47. The summed E-state index contributed by atoms with van der Waals surface area (Å²) in [7, 11) is 3.01. The number of amides is 3. The van der Waals surface area contributed by atoms with Crippen molar-refractivity contribution in [3.8, 4) is 11.5 Å². The smallest absolute Gasteiger partial charge is 0.252 e. The Kier molecular flexibility index (Phi) is 9.27. The number of carbonyl (C=O) groups excluding carboxylic acids is 3. The lowest BCUT2D eigenvalue weighted by Gasteiger charge is -2.23. The van der Waals surface area contributed by atoms with Gasteiger partial charge in [-0.25, -0.2) is 0 Å². The number of hydrogen-bond donors (Lipinski definition) is 2. The highest BCUT2D eigenvalue weighted by Gasteiger charge is 2.25. The quantitative estimate of drug-likeness (QED) is 0.572. The minimum atomic E-state index is -0.761. The molecule has 8 heteroatoms. The van der Waals surface area contributed by atoms with Crippen LogP contribution in [0.5, 0.6) is 11.5 Å². The van der Waals surface area contributed by atoms with Crippen LogP contribution in [0.4, 0.5) is 5.69 Å². The molecule has 2 N–H and O–H groups in total. The van der Waals surface area contributed by atoms with Crippen LogP contribution >= 0.6 is 0 Å². The number of ether oxygens (including phenoxy) is 2. The van der Waals surface area contributed by atoms with Crippen molar-refractivity contribution in [1.82, 2.24) is 10.2 Å². The van der Waals surface area contributed by atoms with Crippen LogP contribution in [-0.4, -0.2) is 49.4 Å². The van der Waals surface area contributed by atoms with Crippen molar-refractivity contribution in [2.45, 2.75) is 40.3 Å². The zero-order valence-corrected chi connectivity index (χ0v) is 20.1. The third-order valence-corrected chi connectivity index (χ3v) is 5.24. The monoisotopic (exact) mass is 455 g/mol. The molecule has 0 aliphatic rings. The largest absolute Gasteiger partial charge is 0.497 e. The fourth-order valence-corrected chi connectivity index (χ4v) is 3.33. The number of nitrogens with one attached hydrogen (secondary N) is 2. The highest BCUT2D eigenvalue weighted by atomic mass is 16.5. The second-order valence-electron chi connectivity index (χ2n) is 8.02. The molecular weight excluding hydrogens is 422 g/mol. The summed E-state index contributed by atoms with van der Waals surface area (Å²) in [4.78, 5) is 39.3. The summed E-state index contributed by atoms with van der Waals surface area (Å²) in [5, 5.41) is 5.69. The molecule has 0 fully saturated rings. The third-order valence-electron chi connectivity index (χ3n) is 5.24. The minimum absolute atomic E-state index is 0.0105. The van der Waals surface area contributed by atoms with Gasteiger partial charge in [0.05, 0.1) is 14.2 Å². The number of benzene rings is 2. The van der Waals surface area contributed by atoms with E-state index in [9.17, 15) is 14.4 Å². The van der Waals surface area contributed by atoms with Gasteiger partial charge < -0.3 is 25.0 Å². The maximum Gasteiger partial charge on any atom is 0.252 e. The van der Waals surface area contributed by atoms with Crippen molar-refractivity contribution in [2.24, 2.45) is 5.92 Å². The molecule has 0 spiro atoms. The Bertz CT molecular complexity index is 968. The Morgan fingerprint density at radius 3 is 2.15 bits per heavy atom. The van der Waals surface area contributed by atoms with Crippen LogP contribution in [0, 0.1) is 5.92 Å². The fraction of sp³-hybridized carbons (Fsp3) is 0.400. The van der Waals surface area contributed by atoms with Gasteiger partial charge in [-0.1, -0.05) is 26.0 Å². The Morgan fingerprint density at radius 2 is 1.64 bits per heavy atom. The molecule has 2 aromatic carbocycles. The first-order valence-electron chi connectivity index (χ1n) is 10.9. The molecule has 3 amide bonds. The van der Waals surface area contributed by atoms with Gasteiger partial charge in [0, 0.05) is 37.3 Å². The molecule has 0 bridgehead atoms. The zero-order chi connectivity index (χ0) is 24.5. The number of nitrogens with zero attached hydrogens (tertiary/aromatic N) is 1. The van der Waals surface area contributed by atoms with Crippen molar-refractivity contribution in [1.29, 1.82) is 0 Å². The molecule has 2 aromatic rings. The Balaban J connectivity index is 2.15. The molecule has 0 heterocycles. The van der Waals surface area contributed by atoms with Crippen LogP contribution in [0.25, 0.3) is 0 Å². The van der Waals surface area contributed by atoms with Gasteiger partial charge in [-0.3, -0.25) is 14.4 Å². The average molecular weight is 456 g/mol. The minimum Gasteiger partial charge on any atom is -0.497 e. The second kappa shape index (κ2) is 11.9. The SMILES string of the molecule is CCN(Cc1cccc(NC(=O)C(NC(=O)c2cc(OC)cc(OC)c2)C(C)C)c1)C(C)=O. The van der Waals surface area contributed by atoms with Crippen molar-refractivity contribution in [3.63, 3.8) is 0 Å². The van der Waals surface area contributed by atoms with E-state index in [0.29, 0.717) is 35.8 Å². The normalized spacial score (nSPS) is 11.5. The number of hydrogen-bond acceptors (Lipinski definition) is 5. The molecule has 0 radical (unpaired) electrons. The van der Waals surface area contributed by atoms with Crippen molar-refractivity contribution in [3.05, 3.63) is 53.6 Å². The number of rotatable bonds is 10. The highest BCUT2D eigenvalue weighted by Crippen LogP contribution is 2.23. The molecule has 33 heavy (non-hydrogen) atoms. The topological polar surface area (TPSA) is 97.0 Å². The van der Waals surface area contributed by atoms with Gasteiger partial charge in [0.15, 0.2) is 0 Å². The molecule has 0 saturated carbocycles. The van der Waals surface area contributed by atoms with Gasteiger partial charge in [0.25, 0.3) is 5.91 Å². The molecule has 0 aliphatic heterocycles. The summed E-state index contributed by atoms with van der Waals surface area (Å²) in [5.41, 5.74) is 1.83. The van der Waals surface area contributed by atoms with Crippen LogP contribution < -0.4 is 20.1 Å². The van der Waals surface area contributed by atoms with Crippen LogP contribution in [0.3, 0.4) is 0 Å². The van der Waals surface area contributed by atoms with E-state index in [1.807, 2.05) is 39.0 Å². The van der Waals surface area contributed by atoms with Crippen LogP contribution in [0.15, 0.2) is 42.5 Å². The van der Waals surface area contributed by atoms with E-state index in [2.05, 4.69) is 10.6 Å². The standard InChI is InChI=1S/C25H33N3O5/c1-7-28(17(4)29)15-18-9-8-10-20(11-18)26-25(31)23(16(2)3)27-24(30)19-12-21(32-5)14-22(13-19)33-6/h8-14,16,23H,7,15H2,1-6H3,(H,26,31)(H,27,30). The first-order chi connectivity index (χ1) is 15.7. The van der Waals surface area contributed by atoms with E-state index in [0.717, 1.165) is 5.56 Å². The van der Waals surface area contributed by atoms with Crippen LogP contribution in [-0.2, 0) is 16.1 Å². The van der Waals surface area contributed by atoms with E-state index in [-0.39, 0.29) is 17.7 Å². The Morgan fingerprint density at radius 1 is 1.00 bits per heavy atom. The first-order valence-corrected chi connectivity index (χ1v) is 10.9. The molecule has 1 atom stereocenters. The summed E-state index contributed by atoms with van der Waals surface area (Å²) >= 11 is 0. The summed E-state index contributed by atoms with van der Waals surface area (Å²) < 4.78 is 10.4. The summed E-state index contributed by atoms with van der Waals surface area (Å²) in [6.07, 6.45) is 0. The van der Waals surface area contributed by atoms with E-state index in [1.165, 1.54) is 21.1 Å². The lowest BCUT2D eigenvalue weighted by molar-refractivity contribution is -0.129. The van der Waals surface area contributed by atoms with Gasteiger partial charge in [0.1, 0.15) is 17.5 Å². The zero-order valence-electron chi connectivity index (χ0n) is 20.1. The highest BCUT2D eigenvalue weighted by molar-refractivity contribution is 6.01. The average Bonchev–Trinajstić information content (AvgIpc) is 2.80. The number of methoxy groups -OCH3 is 2. The fourth-order valence-electron chi connectivity index (χ4n) is 3.33. The summed E-state index contributed by atoms with van der Waals surface area (Å²) in [6, 6.07) is 11.4. The Hall–Kier alpha value is -3.55. The van der Waals surface area contributed by atoms with Gasteiger partial charge in [0.2, 0.25) is 11.8 Å². The predicted octanol–water partition coefficient (Wildman–Crippen LogP) is 3.47. The van der Waals surface area contributed by atoms with Gasteiger partial charge in [-0.05, 0) is 42.7 Å². The molecule has 2 rings (SSSR count). The molecule has 0 aliphatic carbocycles. The molecule has 1 unspecified atom stereocenters. The van der Waals surface area contributed by atoms with Crippen LogP contribution in [0.1, 0.15) is 43.6 Å². The van der Waals surface area contributed by atoms with Gasteiger partial charge in [-0.15, -0.1) is 0 Å². The first kappa shape index (κ1) is 25.7. The molecular formula is C25H33N3O5. The maximum absolute atomic E-state index is 13.0. The molecule has 8 nitrogen and oxygen atoms in total. The summed E-state index contributed by atoms with van der Waals surface area (Å²) in [6.45, 7) is 8.22. The van der Waals surface area contributed by atoms with Crippen molar-refractivity contribution >= 4 is 23.4 Å². The number of carbonyl (C=O) groups is 3. The van der Waals surface area contributed by atoms with Crippen molar-refractivity contribution in [2.75, 3.05) is 26.1 Å². The third kappa shape index (κ3) is 7.24. The lowest BCUT2D eigenvalue weighted by atomic mass is 10.0. The van der Waals surface area contributed by atoms with Gasteiger partial charge in [-0.2, -0.15) is 0 Å². The maximum atomic E-state index is 13.0. The molecule has 178 valence electrons. The van der Waals surface area contributed by atoms with E-state index in [4.69, 9.17) is 9.47 Å². The number of anilines is 1. The molecule has 0 saturated heterocycles.